The quantitative estimate of drug-likeness (QED) is 0.712. The first-order valence-corrected chi connectivity index (χ1v) is 5.97. The van der Waals surface area contributed by atoms with Gasteiger partial charge in [0.2, 0.25) is 0 Å². The lowest BCUT2D eigenvalue weighted by atomic mass is 10.2. The minimum Gasteiger partial charge on any atom is -0.389 e. The first-order chi connectivity index (χ1) is 8.16. The van der Waals surface area contributed by atoms with Crippen molar-refractivity contribution in [2.75, 3.05) is 5.73 Å². The van der Waals surface area contributed by atoms with Crippen molar-refractivity contribution in [3.63, 3.8) is 0 Å². The van der Waals surface area contributed by atoms with Crippen molar-refractivity contribution in [1.29, 1.82) is 0 Å². The summed E-state index contributed by atoms with van der Waals surface area (Å²) in [6.07, 6.45) is 1.95. The van der Waals surface area contributed by atoms with Crippen LogP contribution < -0.4 is 5.73 Å². The molecule has 0 aliphatic rings. The van der Waals surface area contributed by atoms with E-state index in [0.717, 1.165) is 28.3 Å². The third-order valence-corrected chi connectivity index (χ3v) is 3.44. The summed E-state index contributed by atoms with van der Waals surface area (Å²) in [6, 6.07) is 4.01. The van der Waals surface area contributed by atoms with Crippen molar-refractivity contribution >= 4 is 22.2 Å². The molecule has 0 radical (unpaired) electrons. The summed E-state index contributed by atoms with van der Waals surface area (Å²) < 4.78 is 6.16. The first-order valence-electron chi connectivity index (χ1n) is 5.20. The lowest BCUT2D eigenvalue weighted by Gasteiger charge is -2.00. The second-order valence-corrected chi connectivity index (χ2v) is 4.77. The predicted molar refractivity (Wildman–Crippen MR) is 68.0 cm³/mol. The number of nitrogens with zero attached hydrogens (tertiary/aromatic N) is 4. The van der Waals surface area contributed by atoms with Crippen LogP contribution in [0.5, 0.6) is 0 Å². The van der Waals surface area contributed by atoms with Crippen LogP contribution in [0.25, 0.3) is 17.0 Å². The Morgan fingerprint density at radius 1 is 1.29 bits per heavy atom. The Kier molecular flexibility index (Phi) is 2.12. The van der Waals surface area contributed by atoms with Gasteiger partial charge in [-0.2, -0.15) is 4.37 Å². The Morgan fingerprint density at radius 2 is 2.12 bits per heavy atom. The fourth-order valence-electron chi connectivity index (χ4n) is 1.82. The smallest absolute Gasteiger partial charge is 0.173 e. The number of aromatic nitrogens is 4. The van der Waals surface area contributed by atoms with E-state index in [0.29, 0.717) is 5.00 Å². The van der Waals surface area contributed by atoms with E-state index >= 15 is 0 Å². The fourth-order valence-corrected chi connectivity index (χ4v) is 2.48. The molecule has 0 bridgehead atoms. The summed E-state index contributed by atoms with van der Waals surface area (Å²) in [4.78, 5) is 0. The van der Waals surface area contributed by atoms with Crippen molar-refractivity contribution in [1.82, 2.24) is 19.0 Å². The normalized spacial score (nSPS) is 11.2. The van der Waals surface area contributed by atoms with E-state index in [-0.39, 0.29) is 0 Å². The van der Waals surface area contributed by atoms with Gasteiger partial charge in [0.05, 0.1) is 11.3 Å². The Bertz CT molecular complexity index is 678. The van der Waals surface area contributed by atoms with Gasteiger partial charge in [0.1, 0.15) is 5.00 Å². The predicted octanol–water partition coefficient (Wildman–Crippen LogP) is 2.05. The van der Waals surface area contributed by atoms with Crippen molar-refractivity contribution < 1.29 is 0 Å². The summed E-state index contributed by atoms with van der Waals surface area (Å²) in [5, 5.41) is 9.03. The highest BCUT2D eigenvalue weighted by atomic mass is 32.1. The molecule has 0 unspecified atom stereocenters. The average molecular weight is 245 g/mol. The third-order valence-electron chi connectivity index (χ3n) is 2.68. The molecule has 3 rings (SSSR count). The van der Waals surface area contributed by atoms with Crippen LogP contribution in [0, 0.1) is 13.8 Å². The maximum absolute atomic E-state index is 5.93. The van der Waals surface area contributed by atoms with Crippen LogP contribution in [-0.2, 0) is 0 Å². The van der Waals surface area contributed by atoms with Crippen LogP contribution in [0.2, 0.25) is 0 Å². The van der Waals surface area contributed by atoms with Crippen molar-refractivity contribution in [2.45, 2.75) is 13.8 Å². The number of pyridine rings is 1. The number of hydrogen-bond donors (Lipinski definition) is 1. The van der Waals surface area contributed by atoms with Gasteiger partial charge in [-0.05, 0) is 43.1 Å². The number of hydrogen-bond acceptors (Lipinski definition) is 5. The van der Waals surface area contributed by atoms with E-state index in [1.807, 2.05) is 36.6 Å². The number of nitrogen functional groups attached to an aromatic ring is 1. The minimum absolute atomic E-state index is 0.678. The Hall–Kier alpha value is -1.95. The summed E-state index contributed by atoms with van der Waals surface area (Å²) >= 11 is 1.29. The molecule has 0 amide bonds. The van der Waals surface area contributed by atoms with Crippen molar-refractivity contribution in [3.05, 3.63) is 29.6 Å². The monoisotopic (exact) mass is 245 g/mol. The molecule has 0 saturated heterocycles. The molecule has 0 saturated carbocycles. The topological polar surface area (TPSA) is 69.1 Å². The standard InChI is InChI=1S/C11H11N5S/c1-6-3-4-16-8(5-6)13-14-11(16)9-7(2)15-17-10(9)12/h3-5H,12H2,1-2H3. The van der Waals surface area contributed by atoms with Gasteiger partial charge in [-0.15, -0.1) is 10.2 Å². The molecule has 3 aromatic rings. The first kappa shape index (κ1) is 10.2. The zero-order chi connectivity index (χ0) is 12.0. The lowest BCUT2D eigenvalue weighted by Crippen LogP contribution is -1.93. The highest BCUT2D eigenvalue weighted by Gasteiger charge is 2.16. The lowest BCUT2D eigenvalue weighted by molar-refractivity contribution is 1.11. The summed E-state index contributed by atoms with van der Waals surface area (Å²) in [7, 11) is 0. The highest BCUT2D eigenvalue weighted by molar-refractivity contribution is 7.10. The number of nitrogens with two attached hydrogens (primary N) is 1. The molecule has 2 N–H and O–H groups in total. The van der Waals surface area contributed by atoms with Gasteiger partial charge < -0.3 is 5.73 Å². The molecule has 3 aromatic heterocycles. The SMILES string of the molecule is Cc1ccn2c(-c3c(C)nsc3N)nnc2c1. The second kappa shape index (κ2) is 3.53. The molecular formula is C11H11N5S. The third kappa shape index (κ3) is 1.49. The van der Waals surface area contributed by atoms with Gasteiger partial charge >= 0.3 is 0 Å². The van der Waals surface area contributed by atoms with Gasteiger partial charge in [-0.1, -0.05) is 0 Å². The Morgan fingerprint density at radius 3 is 2.82 bits per heavy atom. The molecule has 0 aliphatic carbocycles. The van der Waals surface area contributed by atoms with E-state index in [4.69, 9.17) is 5.73 Å². The Balaban J connectivity index is 2.32. The van der Waals surface area contributed by atoms with Crippen LogP contribution >= 0.6 is 11.5 Å². The average Bonchev–Trinajstić information content (AvgIpc) is 2.83. The maximum Gasteiger partial charge on any atom is 0.173 e. The van der Waals surface area contributed by atoms with Gasteiger partial charge in [0.15, 0.2) is 11.5 Å². The van der Waals surface area contributed by atoms with Gasteiger partial charge in [-0.3, -0.25) is 4.40 Å². The zero-order valence-electron chi connectivity index (χ0n) is 9.51. The van der Waals surface area contributed by atoms with Crippen molar-refractivity contribution in [2.24, 2.45) is 0 Å². The van der Waals surface area contributed by atoms with Gasteiger partial charge in [-0.25, -0.2) is 0 Å². The molecule has 5 nitrogen and oxygen atoms in total. The number of rotatable bonds is 1. The van der Waals surface area contributed by atoms with Crippen LogP contribution in [0.4, 0.5) is 5.00 Å². The molecular weight excluding hydrogens is 234 g/mol. The zero-order valence-corrected chi connectivity index (χ0v) is 10.3. The van der Waals surface area contributed by atoms with Crippen LogP contribution in [-0.4, -0.2) is 19.0 Å². The Labute approximate surface area is 102 Å². The van der Waals surface area contributed by atoms with E-state index < -0.39 is 0 Å². The van der Waals surface area contributed by atoms with Crippen molar-refractivity contribution in [3.8, 4) is 11.4 Å². The van der Waals surface area contributed by atoms with E-state index in [9.17, 15) is 0 Å². The van der Waals surface area contributed by atoms with E-state index in [1.165, 1.54) is 11.5 Å². The molecule has 3 heterocycles. The summed E-state index contributed by atoms with van der Waals surface area (Å²) in [6.45, 7) is 3.96. The van der Waals surface area contributed by atoms with Gasteiger partial charge in [0, 0.05) is 6.20 Å². The number of fused-ring (bicyclic) bond motifs is 1. The fraction of sp³-hybridized carbons (Fsp3) is 0.182. The maximum atomic E-state index is 5.93. The molecule has 0 fully saturated rings. The molecule has 0 aromatic carbocycles. The summed E-state index contributed by atoms with van der Waals surface area (Å²) in [5.74, 6) is 0.753. The van der Waals surface area contributed by atoms with E-state index in [2.05, 4.69) is 14.6 Å². The minimum atomic E-state index is 0.678. The molecule has 17 heavy (non-hydrogen) atoms. The summed E-state index contributed by atoms with van der Waals surface area (Å²) in [5.41, 5.74) is 9.68. The molecule has 0 atom stereocenters. The number of anilines is 1. The molecule has 0 aliphatic heterocycles. The van der Waals surface area contributed by atoms with Crippen LogP contribution in [0.15, 0.2) is 18.3 Å². The molecule has 6 heteroatoms. The second-order valence-electron chi connectivity index (χ2n) is 3.96. The van der Waals surface area contributed by atoms with E-state index in [1.54, 1.807) is 0 Å². The highest BCUT2D eigenvalue weighted by Crippen LogP contribution is 2.31. The molecule has 86 valence electrons. The van der Waals surface area contributed by atoms with Crippen LogP contribution in [0.1, 0.15) is 11.3 Å². The van der Waals surface area contributed by atoms with Crippen LogP contribution in [0.3, 0.4) is 0 Å². The van der Waals surface area contributed by atoms with Gasteiger partial charge in [0.25, 0.3) is 0 Å². The molecule has 0 spiro atoms. The number of aryl methyl sites for hydroxylation is 2. The largest absolute Gasteiger partial charge is 0.389 e.